The summed E-state index contributed by atoms with van der Waals surface area (Å²) in [6.45, 7) is -0.899. The average molecular weight is 310 g/mol. The Morgan fingerprint density at radius 3 is 2.14 bits per heavy atom. The van der Waals surface area contributed by atoms with E-state index in [1.165, 1.54) is 7.11 Å². The standard InChI is InChI=1S/C8H7F3N2O3.C2H5NO2/c9-8(10,11)7(16)12-3-4-13-5(14)1-2-6(13)15;1-5-2(3)4/h1-2H,3-4H2,(H,12,16);1H3,(H2,3,4)/p-1. The number of hydrogen-bond acceptors (Lipinski definition) is 6. The lowest BCUT2D eigenvalue weighted by atomic mass is 10.5. The lowest BCUT2D eigenvalue weighted by Gasteiger charge is -2.16. The Balaban J connectivity index is 0.000000690. The predicted molar refractivity (Wildman–Crippen MR) is 60.8 cm³/mol. The van der Waals surface area contributed by atoms with E-state index in [-0.39, 0.29) is 6.54 Å². The van der Waals surface area contributed by atoms with Crippen LogP contribution in [-0.4, -0.2) is 55.1 Å². The van der Waals surface area contributed by atoms with Gasteiger partial charge in [0.05, 0.1) is 19.6 Å². The number of hydrogen-bond donors (Lipinski definition) is 1. The molecule has 3 amide bonds. The number of rotatable bonds is 3. The van der Waals surface area contributed by atoms with Gasteiger partial charge in [0.1, 0.15) is 0 Å². The van der Waals surface area contributed by atoms with Gasteiger partial charge in [-0.2, -0.15) is 13.2 Å². The quantitative estimate of drug-likeness (QED) is 0.404. The average Bonchev–Trinajstić information content (AvgIpc) is 2.69. The fourth-order valence-corrected chi connectivity index (χ4v) is 0.993. The maximum atomic E-state index is 11.7. The summed E-state index contributed by atoms with van der Waals surface area (Å²) in [5, 5.41) is 10.3. The Morgan fingerprint density at radius 2 is 1.81 bits per heavy atom. The molecule has 1 rings (SSSR count). The van der Waals surface area contributed by atoms with Crippen LogP contribution in [0.15, 0.2) is 17.1 Å². The van der Waals surface area contributed by atoms with Crippen LogP contribution in [0.3, 0.4) is 0 Å². The third-order valence-corrected chi connectivity index (χ3v) is 1.92. The van der Waals surface area contributed by atoms with Crippen LogP contribution in [0.4, 0.5) is 18.0 Å². The largest absolute Gasteiger partial charge is 0.856 e. The molecule has 1 aliphatic rings. The number of ether oxygens (including phenoxy) is 1. The number of alkyl halides is 3. The molecular weight excluding hydrogens is 299 g/mol. The molecule has 0 fully saturated rings. The number of amides is 3. The van der Waals surface area contributed by atoms with Crippen LogP contribution in [0.5, 0.6) is 0 Å². The molecule has 0 spiro atoms. The number of carbonyl (C=O) groups excluding carboxylic acids is 3. The zero-order valence-corrected chi connectivity index (χ0v) is 10.7. The van der Waals surface area contributed by atoms with Crippen molar-refractivity contribution in [3.8, 4) is 0 Å². The number of nitrogens with zero attached hydrogens (tertiary/aromatic N) is 2. The summed E-state index contributed by atoms with van der Waals surface area (Å²) in [5.74, 6) is -3.47. The number of carbonyl (C=O) groups is 3. The summed E-state index contributed by atoms with van der Waals surface area (Å²) in [7, 11) is 1.22. The van der Waals surface area contributed by atoms with Crippen LogP contribution in [0, 0.1) is 0 Å². The minimum absolute atomic E-state index is 0.341. The molecular formula is C10H11F3N3O5-. The number of nitrogens with two attached hydrogens (primary N) is 1. The second kappa shape index (κ2) is 7.87. The van der Waals surface area contributed by atoms with Gasteiger partial charge in [-0.25, -0.2) is 4.79 Å². The Hall–Kier alpha value is -2.59. The van der Waals surface area contributed by atoms with Gasteiger partial charge in [0.2, 0.25) is 0 Å². The topological polar surface area (TPSA) is 125 Å². The molecule has 1 heterocycles. The van der Waals surface area contributed by atoms with E-state index in [0.29, 0.717) is 4.90 Å². The van der Waals surface area contributed by atoms with Crippen LogP contribution < -0.4 is 10.8 Å². The highest BCUT2D eigenvalue weighted by molar-refractivity contribution is 6.12. The predicted octanol–water partition coefficient (Wildman–Crippen LogP) is -1.06. The van der Waals surface area contributed by atoms with Crippen molar-refractivity contribution in [3.63, 3.8) is 0 Å². The van der Waals surface area contributed by atoms with Gasteiger partial charge >= 0.3 is 12.3 Å². The van der Waals surface area contributed by atoms with Crippen LogP contribution in [0.2, 0.25) is 0 Å². The Kier molecular flexibility index (Phi) is 6.90. The van der Waals surface area contributed by atoms with Crippen molar-refractivity contribution in [2.75, 3.05) is 20.2 Å². The molecule has 2 N–H and O–H groups in total. The number of aliphatic imine (C=N–C) groups is 1. The van der Waals surface area contributed by atoms with Crippen molar-refractivity contribution >= 4 is 23.8 Å². The summed E-state index contributed by atoms with van der Waals surface area (Å²) in [6, 6.07) is 0. The van der Waals surface area contributed by atoms with Gasteiger partial charge in [0.15, 0.2) is 0 Å². The first kappa shape index (κ1) is 18.4. The Labute approximate surface area is 116 Å². The van der Waals surface area contributed by atoms with E-state index >= 15 is 0 Å². The van der Waals surface area contributed by atoms with Gasteiger partial charge in [-0.1, -0.05) is 0 Å². The molecule has 0 saturated heterocycles. The van der Waals surface area contributed by atoms with E-state index in [2.05, 4.69) is 15.5 Å². The molecule has 0 radical (unpaired) electrons. The van der Waals surface area contributed by atoms with E-state index in [9.17, 15) is 32.7 Å². The van der Waals surface area contributed by atoms with Crippen LogP contribution >= 0.6 is 0 Å². The fraction of sp³-hybridized carbons (Fsp3) is 0.400. The first-order valence-corrected chi connectivity index (χ1v) is 5.25. The highest BCUT2D eigenvalue weighted by Crippen LogP contribution is 2.14. The minimum Gasteiger partial charge on any atom is -0.856 e. The highest BCUT2D eigenvalue weighted by Gasteiger charge is 2.28. The molecule has 0 bridgehead atoms. The summed E-state index contributed by atoms with van der Waals surface area (Å²) in [5.41, 5.74) is 4.43. The fourth-order valence-electron chi connectivity index (χ4n) is 0.993. The maximum Gasteiger partial charge on any atom is 0.419 e. The molecule has 0 unspecified atom stereocenters. The monoisotopic (exact) mass is 310 g/mol. The van der Waals surface area contributed by atoms with Gasteiger partial charge in [-0.05, 0) is 0 Å². The maximum absolute atomic E-state index is 11.7. The molecule has 0 saturated carbocycles. The first-order valence-electron chi connectivity index (χ1n) is 5.25. The molecule has 21 heavy (non-hydrogen) atoms. The van der Waals surface area contributed by atoms with Crippen LogP contribution in [0.25, 0.3) is 0 Å². The number of primary amides is 1. The highest BCUT2D eigenvalue weighted by atomic mass is 19.4. The lowest BCUT2D eigenvalue weighted by molar-refractivity contribution is -0.262. The van der Waals surface area contributed by atoms with E-state index in [1.807, 2.05) is 0 Å². The van der Waals surface area contributed by atoms with Crippen LogP contribution in [0.1, 0.15) is 0 Å². The minimum atomic E-state index is -5.02. The summed E-state index contributed by atoms with van der Waals surface area (Å²) in [6.07, 6.45) is -3.77. The third-order valence-electron chi connectivity index (χ3n) is 1.92. The molecule has 0 aromatic heterocycles. The number of halogens is 3. The third kappa shape index (κ3) is 6.94. The SMILES string of the molecule is COC(N)=O.O=C1C=CC(=O)N1CCN=C([O-])C(F)(F)F. The van der Waals surface area contributed by atoms with E-state index < -0.39 is 36.5 Å². The van der Waals surface area contributed by atoms with E-state index in [0.717, 1.165) is 12.2 Å². The van der Waals surface area contributed by atoms with Gasteiger partial charge in [0, 0.05) is 18.7 Å². The Morgan fingerprint density at radius 1 is 1.38 bits per heavy atom. The lowest BCUT2D eigenvalue weighted by Crippen LogP contribution is -2.37. The van der Waals surface area contributed by atoms with Gasteiger partial charge < -0.3 is 15.6 Å². The van der Waals surface area contributed by atoms with Crippen molar-refractivity contribution < 1.29 is 37.4 Å². The van der Waals surface area contributed by atoms with Gasteiger partial charge in [-0.15, -0.1) is 0 Å². The smallest absolute Gasteiger partial charge is 0.419 e. The summed E-state index contributed by atoms with van der Waals surface area (Å²) < 4.78 is 39.0. The van der Waals surface area contributed by atoms with E-state index in [4.69, 9.17) is 0 Å². The second-order valence-electron chi connectivity index (χ2n) is 3.37. The zero-order valence-electron chi connectivity index (χ0n) is 10.7. The van der Waals surface area contributed by atoms with Crippen molar-refractivity contribution in [1.82, 2.24) is 4.90 Å². The molecule has 8 nitrogen and oxygen atoms in total. The second-order valence-corrected chi connectivity index (χ2v) is 3.37. The first-order chi connectivity index (χ1) is 9.59. The molecule has 118 valence electrons. The molecule has 1 aliphatic heterocycles. The molecule has 0 aliphatic carbocycles. The Bertz CT molecular complexity index is 455. The van der Waals surface area contributed by atoms with E-state index in [1.54, 1.807) is 0 Å². The summed E-state index contributed by atoms with van der Waals surface area (Å²) >= 11 is 0. The molecule has 0 aromatic carbocycles. The number of imide groups is 1. The van der Waals surface area contributed by atoms with Crippen molar-refractivity contribution in [1.29, 1.82) is 0 Å². The number of methoxy groups -OCH3 is 1. The molecule has 0 aromatic rings. The summed E-state index contributed by atoms with van der Waals surface area (Å²) in [4.78, 5) is 34.6. The van der Waals surface area contributed by atoms with Crippen LogP contribution in [-0.2, 0) is 14.3 Å². The van der Waals surface area contributed by atoms with Gasteiger partial charge in [-0.3, -0.25) is 19.5 Å². The van der Waals surface area contributed by atoms with Crippen molar-refractivity contribution in [2.45, 2.75) is 6.18 Å². The van der Waals surface area contributed by atoms with Gasteiger partial charge in [0.25, 0.3) is 11.8 Å². The van der Waals surface area contributed by atoms with Crippen molar-refractivity contribution in [2.24, 2.45) is 10.7 Å². The zero-order chi connectivity index (χ0) is 16.6. The molecule has 11 heteroatoms. The molecule has 0 atom stereocenters. The normalized spacial score (nSPS) is 14.9. The van der Waals surface area contributed by atoms with Crippen molar-refractivity contribution in [3.05, 3.63) is 12.2 Å².